The van der Waals surface area contributed by atoms with Gasteiger partial charge in [0.2, 0.25) is 0 Å². The van der Waals surface area contributed by atoms with Crippen LogP contribution in [0.5, 0.6) is 0 Å². The molecule has 1 amide bonds. The number of likely N-dealkylation sites (N-methyl/N-ethyl adjacent to an activating group) is 1. The van der Waals surface area contributed by atoms with E-state index in [0.717, 1.165) is 54.5 Å². The van der Waals surface area contributed by atoms with E-state index in [2.05, 4.69) is 32.4 Å². The molecule has 29 heavy (non-hydrogen) atoms. The van der Waals surface area contributed by atoms with Crippen molar-refractivity contribution in [3.8, 4) is 11.3 Å². The van der Waals surface area contributed by atoms with Crippen LogP contribution in [0.3, 0.4) is 0 Å². The van der Waals surface area contributed by atoms with E-state index in [1.54, 1.807) is 0 Å². The van der Waals surface area contributed by atoms with Crippen LogP contribution in [0.1, 0.15) is 15.9 Å². The molecule has 0 radical (unpaired) electrons. The molecule has 3 aromatic rings. The van der Waals surface area contributed by atoms with Crippen molar-refractivity contribution in [3.05, 3.63) is 71.8 Å². The smallest absolute Gasteiger partial charge is 0.255 e. The molecule has 0 unspecified atom stereocenters. The fraction of sp³-hybridized carbons (Fsp3) is 0.261. The van der Waals surface area contributed by atoms with Crippen LogP contribution in [-0.4, -0.2) is 54.2 Å². The van der Waals surface area contributed by atoms with Crippen molar-refractivity contribution in [2.75, 3.05) is 43.4 Å². The van der Waals surface area contributed by atoms with E-state index >= 15 is 0 Å². The van der Waals surface area contributed by atoms with Gasteiger partial charge >= 0.3 is 0 Å². The Bertz CT molecular complexity index is 977. The van der Waals surface area contributed by atoms with E-state index < -0.39 is 0 Å². The lowest BCUT2D eigenvalue weighted by molar-refractivity contribution is 0.102. The third-order valence-corrected chi connectivity index (χ3v) is 5.20. The maximum atomic E-state index is 12.4. The summed E-state index contributed by atoms with van der Waals surface area (Å²) in [6.07, 6.45) is 0. The number of amides is 1. The van der Waals surface area contributed by atoms with Crippen LogP contribution in [0.25, 0.3) is 11.3 Å². The molecule has 6 nitrogen and oxygen atoms in total. The summed E-state index contributed by atoms with van der Waals surface area (Å²) in [7, 11) is 2.14. The summed E-state index contributed by atoms with van der Waals surface area (Å²) < 4.78 is 0. The minimum Gasteiger partial charge on any atom is -0.353 e. The van der Waals surface area contributed by atoms with Gasteiger partial charge in [0, 0.05) is 43.0 Å². The highest BCUT2D eigenvalue weighted by molar-refractivity contribution is 6.04. The Hall–Kier alpha value is -3.25. The molecule has 1 aromatic heterocycles. The van der Waals surface area contributed by atoms with E-state index in [4.69, 9.17) is 0 Å². The molecule has 1 aliphatic heterocycles. The largest absolute Gasteiger partial charge is 0.353 e. The lowest BCUT2D eigenvalue weighted by atomic mass is 10.1. The molecule has 2 heterocycles. The van der Waals surface area contributed by atoms with E-state index in [1.165, 1.54) is 0 Å². The van der Waals surface area contributed by atoms with Crippen LogP contribution in [0.15, 0.2) is 60.7 Å². The number of anilines is 2. The predicted molar refractivity (Wildman–Crippen MR) is 116 cm³/mol. The Kier molecular flexibility index (Phi) is 5.53. The lowest BCUT2D eigenvalue weighted by Crippen LogP contribution is -2.44. The molecule has 0 atom stereocenters. The number of nitrogens with zero attached hydrogens (tertiary/aromatic N) is 4. The minimum atomic E-state index is -0.113. The summed E-state index contributed by atoms with van der Waals surface area (Å²) in [4.78, 5) is 17.0. The van der Waals surface area contributed by atoms with E-state index in [1.807, 2.05) is 67.6 Å². The molecule has 2 aromatic carbocycles. The highest BCUT2D eigenvalue weighted by Gasteiger charge is 2.15. The van der Waals surface area contributed by atoms with Gasteiger partial charge in [0.25, 0.3) is 5.91 Å². The number of aromatic nitrogens is 2. The third kappa shape index (κ3) is 4.60. The Morgan fingerprint density at radius 3 is 2.34 bits per heavy atom. The molecular formula is C23H25N5O. The number of aryl methyl sites for hydroxylation is 1. The van der Waals surface area contributed by atoms with Crippen molar-refractivity contribution in [1.82, 2.24) is 15.1 Å². The van der Waals surface area contributed by atoms with Gasteiger partial charge in [0.05, 0.1) is 5.69 Å². The first-order valence-electron chi connectivity index (χ1n) is 9.84. The number of carbonyl (C=O) groups excluding carboxylic acids is 1. The molecule has 1 aliphatic rings. The molecule has 1 saturated heterocycles. The van der Waals surface area contributed by atoms with Crippen molar-refractivity contribution in [1.29, 1.82) is 0 Å². The zero-order chi connectivity index (χ0) is 20.2. The zero-order valence-corrected chi connectivity index (χ0v) is 16.8. The first kappa shape index (κ1) is 19.1. The molecule has 0 saturated carbocycles. The minimum absolute atomic E-state index is 0.113. The summed E-state index contributed by atoms with van der Waals surface area (Å²) in [6, 6.07) is 19.3. The number of benzene rings is 2. The van der Waals surface area contributed by atoms with Crippen LogP contribution in [0.2, 0.25) is 0 Å². The van der Waals surface area contributed by atoms with Crippen LogP contribution in [0.4, 0.5) is 11.5 Å². The summed E-state index contributed by atoms with van der Waals surface area (Å²) in [5, 5.41) is 11.7. The van der Waals surface area contributed by atoms with Gasteiger partial charge in [0.15, 0.2) is 5.82 Å². The summed E-state index contributed by atoms with van der Waals surface area (Å²) in [5.41, 5.74) is 4.25. The van der Waals surface area contributed by atoms with E-state index in [9.17, 15) is 4.79 Å². The predicted octanol–water partition coefficient (Wildman–Crippen LogP) is 3.46. The van der Waals surface area contributed by atoms with Crippen molar-refractivity contribution < 1.29 is 4.79 Å². The van der Waals surface area contributed by atoms with Gasteiger partial charge in [-0.3, -0.25) is 4.79 Å². The van der Waals surface area contributed by atoms with Crippen molar-refractivity contribution in [2.24, 2.45) is 0 Å². The summed E-state index contributed by atoms with van der Waals surface area (Å²) >= 11 is 0. The van der Waals surface area contributed by atoms with Crippen molar-refractivity contribution in [2.45, 2.75) is 6.92 Å². The van der Waals surface area contributed by atoms with Gasteiger partial charge in [-0.05, 0) is 50.4 Å². The van der Waals surface area contributed by atoms with Crippen LogP contribution >= 0.6 is 0 Å². The quantitative estimate of drug-likeness (QED) is 0.743. The van der Waals surface area contributed by atoms with Gasteiger partial charge in [-0.2, -0.15) is 0 Å². The van der Waals surface area contributed by atoms with Gasteiger partial charge in [0.1, 0.15) is 0 Å². The molecule has 0 aliphatic carbocycles. The normalized spacial score (nSPS) is 14.6. The molecule has 0 spiro atoms. The topological polar surface area (TPSA) is 61.4 Å². The summed E-state index contributed by atoms with van der Waals surface area (Å²) in [6.45, 7) is 6.00. The maximum Gasteiger partial charge on any atom is 0.255 e. The van der Waals surface area contributed by atoms with Crippen LogP contribution < -0.4 is 10.2 Å². The van der Waals surface area contributed by atoms with Crippen LogP contribution in [-0.2, 0) is 0 Å². The fourth-order valence-electron chi connectivity index (χ4n) is 3.40. The lowest BCUT2D eigenvalue weighted by Gasteiger charge is -2.32. The molecule has 1 N–H and O–H groups in total. The zero-order valence-electron chi connectivity index (χ0n) is 16.8. The van der Waals surface area contributed by atoms with Gasteiger partial charge in [-0.1, -0.05) is 29.8 Å². The standard InChI is InChI=1S/C23H25N5O/c1-17-4-3-5-19(16-17)23(29)24-20-8-6-18(7-9-20)21-10-11-22(26-25-21)28-14-12-27(2)13-15-28/h3-11,16H,12-15H2,1-2H3,(H,24,29). The van der Waals surface area contributed by atoms with Gasteiger partial charge < -0.3 is 15.1 Å². The van der Waals surface area contributed by atoms with Crippen LogP contribution in [0, 0.1) is 6.92 Å². The highest BCUT2D eigenvalue weighted by atomic mass is 16.1. The second kappa shape index (κ2) is 8.41. The molecule has 4 rings (SSSR count). The molecule has 0 bridgehead atoms. The average molecular weight is 387 g/mol. The number of hydrogen-bond donors (Lipinski definition) is 1. The maximum absolute atomic E-state index is 12.4. The number of carbonyl (C=O) groups is 1. The third-order valence-electron chi connectivity index (χ3n) is 5.20. The molecule has 1 fully saturated rings. The SMILES string of the molecule is Cc1cccc(C(=O)Nc2ccc(-c3ccc(N4CCN(C)CC4)nn3)cc2)c1. The first-order valence-corrected chi connectivity index (χ1v) is 9.84. The number of piperazine rings is 1. The van der Waals surface area contributed by atoms with E-state index in [-0.39, 0.29) is 5.91 Å². The fourth-order valence-corrected chi connectivity index (χ4v) is 3.40. The Labute approximate surface area is 171 Å². The summed E-state index contributed by atoms with van der Waals surface area (Å²) in [5.74, 6) is 0.807. The highest BCUT2D eigenvalue weighted by Crippen LogP contribution is 2.21. The molecule has 148 valence electrons. The molecule has 6 heteroatoms. The number of nitrogens with one attached hydrogen (secondary N) is 1. The van der Waals surface area contributed by atoms with Crippen molar-refractivity contribution >= 4 is 17.4 Å². The Morgan fingerprint density at radius 1 is 0.931 bits per heavy atom. The van der Waals surface area contributed by atoms with Gasteiger partial charge in [-0.25, -0.2) is 0 Å². The molecular weight excluding hydrogens is 362 g/mol. The average Bonchev–Trinajstić information content (AvgIpc) is 2.75. The van der Waals surface area contributed by atoms with E-state index in [0.29, 0.717) is 5.56 Å². The first-order chi connectivity index (χ1) is 14.1. The Balaban J connectivity index is 1.42. The number of rotatable bonds is 4. The number of hydrogen-bond acceptors (Lipinski definition) is 5. The second-order valence-corrected chi connectivity index (χ2v) is 7.47. The Morgan fingerprint density at radius 2 is 1.69 bits per heavy atom. The second-order valence-electron chi connectivity index (χ2n) is 7.47. The van der Waals surface area contributed by atoms with Gasteiger partial charge in [-0.15, -0.1) is 10.2 Å². The van der Waals surface area contributed by atoms with Crippen molar-refractivity contribution in [3.63, 3.8) is 0 Å². The monoisotopic (exact) mass is 387 g/mol.